The van der Waals surface area contributed by atoms with Gasteiger partial charge in [-0.2, -0.15) is 0 Å². The summed E-state index contributed by atoms with van der Waals surface area (Å²) in [6.07, 6.45) is 3.41. The summed E-state index contributed by atoms with van der Waals surface area (Å²) < 4.78 is 11.3. The van der Waals surface area contributed by atoms with Crippen LogP contribution in [-0.4, -0.2) is 31.5 Å². The Balaban J connectivity index is 2.47. The largest absolute Gasteiger partial charge is 0.378 e. The molecule has 1 fully saturated rings. The molecule has 78 valence electrons. The standard InChI is InChI=1S/C10H21NO2/c1-3-9(2)13-10(7-11)5-4-6-12-8-10/h9H,3-8,11H2,1-2H3. The molecule has 2 atom stereocenters. The Morgan fingerprint density at radius 2 is 2.38 bits per heavy atom. The van der Waals surface area contributed by atoms with Gasteiger partial charge in [-0.15, -0.1) is 0 Å². The Labute approximate surface area is 80.6 Å². The zero-order chi connectivity index (χ0) is 9.73. The number of ether oxygens (including phenoxy) is 2. The van der Waals surface area contributed by atoms with Crippen LogP contribution in [0.2, 0.25) is 0 Å². The van der Waals surface area contributed by atoms with Gasteiger partial charge in [0, 0.05) is 13.2 Å². The quantitative estimate of drug-likeness (QED) is 0.721. The molecule has 2 N–H and O–H groups in total. The van der Waals surface area contributed by atoms with Gasteiger partial charge in [-0.05, 0) is 26.2 Å². The first-order valence-electron chi connectivity index (χ1n) is 5.18. The maximum atomic E-state index is 5.93. The van der Waals surface area contributed by atoms with Crippen molar-refractivity contribution in [1.29, 1.82) is 0 Å². The van der Waals surface area contributed by atoms with Crippen LogP contribution >= 0.6 is 0 Å². The normalized spacial score (nSPS) is 31.6. The van der Waals surface area contributed by atoms with Crippen molar-refractivity contribution >= 4 is 0 Å². The smallest absolute Gasteiger partial charge is 0.104 e. The molecule has 0 aromatic heterocycles. The molecule has 1 aliphatic rings. The van der Waals surface area contributed by atoms with Gasteiger partial charge in [0.25, 0.3) is 0 Å². The molecule has 13 heavy (non-hydrogen) atoms. The van der Waals surface area contributed by atoms with Gasteiger partial charge in [0.05, 0.1) is 12.7 Å². The van der Waals surface area contributed by atoms with E-state index in [9.17, 15) is 0 Å². The molecule has 0 aromatic rings. The molecule has 0 radical (unpaired) electrons. The molecule has 1 rings (SSSR count). The van der Waals surface area contributed by atoms with Crippen LogP contribution in [0.3, 0.4) is 0 Å². The van der Waals surface area contributed by atoms with E-state index in [1.54, 1.807) is 0 Å². The van der Waals surface area contributed by atoms with Crippen molar-refractivity contribution in [2.24, 2.45) is 5.73 Å². The van der Waals surface area contributed by atoms with Crippen LogP contribution < -0.4 is 5.73 Å². The first-order valence-corrected chi connectivity index (χ1v) is 5.18. The number of rotatable bonds is 4. The molecule has 3 nitrogen and oxygen atoms in total. The lowest BCUT2D eigenvalue weighted by Gasteiger charge is -2.38. The van der Waals surface area contributed by atoms with E-state index in [0.29, 0.717) is 13.2 Å². The van der Waals surface area contributed by atoms with Gasteiger partial charge in [0.1, 0.15) is 5.60 Å². The van der Waals surface area contributed by atoms with E-state index in [4.69, 9.17) is 15.2 Å². The third-order valence-electron chi connectivity index (χ3n) is 2.68. The van der Waals surface area contributed by atoms with Gasteiger partial charge in [-0.25, -0.2) is 0 Å². The predicted molar refractivity (Wildman–Crippen MR) is 52.7 cm³/mol. The van der Waals surface area contributed by atoms with Crippen LogP contribution in [0.15, 0.2) is 0 Å². The Kier molecular flexibility index (Phi) is 4.16. The van der Waals surface area contributed by atoms with Crippen molar-refractivity contribution in [3.8, 4) is 0 Å². The minimum atomic E-state index is -0.201. The second-order valence-electron chi connectivity index (χ2n) is 3.88. The monoisotopic (exact) mass is 187 g/mol. The predicted octanol–water partition coefficient (Wildman–Crippen LogP) is 1.31. The third kappa shape index (κ3) is 2.93. The summed E-state index contributed by atoms with van der Waals surface area (Å²) in [6, 6.07) is 0. The lowest BCUT2D eigenvalue weighted by atomic mass is 9.96. The van der Waals surface area contributed by atoms with Crippen LogP contribution in [0, 0.1) is 0 Å². The molecule has 0 saturated carbocycles. The Morgan fingerprint density at radius 3 is 2.85 bits per heavy atom. The lowest BCUT2D eigenvalue weighted by molar-refractivity contribution is -0.148. The van der Waals surface area contributed by atoms with Crippen molar-refractivity contribution in [2.75, 3.05) is 19.8 Å². The first kappa shape index (κ1) is 11.0. The molecular formula is C10H21NO2. The minimum absolute atomic E-state index is 0.201. The first-order chi connectivity index (χ1) is 6.22. The van der Waals surface area contributed by atoms with E-state index >= 15 is 0 Å². The van der Waals surface area contributed by atoms with Gasteiger partial charge >= 0.3 is 0 Å². The van der Waals surface area contributed by atoms with Crippen LogP contribution in [0.1, 0.15) is 33.1 Å². The average molecular weight is 187 g/mol. The zero-order valence-electron chi connectivity index (χ0n) is 8.71. The summed E-state index contributed by atoms with van der Waals surface area (Å²) in [5.41, 5.74) is 5.54. The van der Waals surface area contributed by atoms with Gasteiger partial charge in [0.15, 0.2) is 0 Å². The summed E-state index contributed by atoms with van der Waals surface area (Å²) in [5.74, 6) is 0. The molecule has 1 aliphatic heterocycles. The third-order valence-corrected chi connectivity index (χ3v) is 2.68. The topological polar surface area (TPSA) is 44.5 Å². The molecule has 2 unspecified atom stereocenters. The van der Waals surface area contributed by atoms with Crippen LogP contribution in [0.5, 0.6) is 0 Å². The molecule has 1 saturated heterocycles. The highest BCUT2D eigenvalue weighted by Crippen LogP contribution is 2.24. The van der Waals surface area contributed by atoms with E-state index in [2.05, 4.69) is 13.8 Å². The SMILES string of the molecule is CCC(C)OC1(CN)CCCOC1. The van der Waals surface area contributed by atoms with Crippen molar-refractivity contribution in [2.45, 2.75) is 44.8 Å². The lowest BCUT2D eigenvalue weighted by Crippen LogP contribution is -2.49. The summed E-state index contributed by atoms with van der Waals surface area (Å²) in [7, 11) is 0. The zero-order valence-corrected chi connectivity index (χ0v) is 8.71. The molecule has 0 aliphatic carbocycles. The molecule has 1 heterocycles. The summed E-state index contributed by atoms with van der Waals surface area (Å²) >= 11 is 0. The molecule has 3 heteroatoms. The van der Waals surface area contributed by atoms with E-state index < -0.39 is 0 Å². The van der Waals surface area contributed by atoms with Crippen LogP contribution in [-0.2, 0) is 9.47 Å². The second kappa shape index (κ2) is 4.94. The maximum Gasteiger partial charge on any atom is 0.104 e. The number of hydrogen-bond donors (Lipinski definition) is 1. The molecule has 0 aromatic carbocycles. The van der Waals surface area contributed by atoms with Gasteiger partial charge in [0.2, 0.25) is 0 Å². The van der Waals surface area contributed by atoms with Crippen molar-refractivity contribution in [1.82, 2.24) is 0 Å². The summed E-state index contributed by atoms with van der Waals surface area (Å²) in [4.78, 5) is 0. The van der Waals surface area contributed by atoms with Crippen LogP contribution in [0.25, 0.3) is 0 Å². The summed E-state index contributed by atoms with van der Waals surface area (Å²) in [6.45, 7) is 6.29. The van der Waals surface area contributed by atoms with E-state index in [-0.39, 0.29) is 11.7 Å². The highest BCUT2D eigenvalue weighted by molar-refractivity contribution is 4.85. The van der Waals surface area contributed by atoms with Crippen molar-refractivity contribution in [3.05, 3.63) is 0 Å². The number of nitrogens with two attached hydrogens (primary N) is 1. The van der Waals surface area contributed by atoms with E-state index in [1.807, 2.05) is 0 Å². The van der Waals surface area contributed by atoms with E-state index in [0.717, 1.165) is 25.9 Å². The van der Waals surface area contributed by atoms with Gasteiger partial charge < -0.3 is 15.2 Å². The van der Waals surface area contributed by atoms with Crippen LogP contribution in [0.4, 0.5) is 0 Å². The maximum absolute atomic E-state index is 5.93. The summed E-state index contributed by atoms with van der Waals surface area (Å²) in [5, 5.41) is 0. The Bertz CT molecular complexity index is 144. The van der Waals surface area contributed by atoms with Gasteiger partial charge in [-0.3, -0.25) is 0 Å². The molecular weight excluding hydrogens is 166 g/mol. The van der Waals surface area contributed by atoms with Crippen molar-refractivity contribution < 1.29 is 9.47 Å². The number of hydrogen-bond acceptors (Lipinski definition) is 3. The Hall–Kier alpha value is -0.120. The minimum Gasteiger partial charge on any atom is -0.378 e. The fourth-order valence-corrected chi connectivity index (χ4v) is 1.64. The highest BCUT2D eigenvalue weighted by atomic mass is 16.6. The van der Waals surface area contributed by atoms with E-state index in [1.165, 1.54) is 0 Å². The van der Waals surface area contributed by atoms with Crippen molar-refractivity contribution in [3.63, 3.8) is 0 Å². The average Bonchev–Trinajstić information content (AvgIpc) is 2.19. The Morgan fingerprint density at radius 1 is 1.62 bits per heavy atom. The molecule has 0 spiro atoms. The highest BCUT2D eigenvalue weighted by Gasteiger charge is 2.33. The molecule has 0 bridgehead atoms. The molecule has 0 amide bonds. The fourth-order valence-electron chi connectivity index (χ4n) is 1.64. The fraction of sp³-hybridized carbons (Fsp3) is 1.00. The van der Waals surface area contributed by atoms with Gasteiger partial charge in [-0.1, -0.05) is 6.92 Å². The second-order valence-corrected chi connectivity index (χ2v) is 3.88.